The van der Waals surface area contributed by atoms with E-state index in [1.54, 1.807) is 4.90 Å². The highest BCUT2D eigenvalue weighted by atomic mass is 16.3. The first-order valence-corrected chi connectivity index (χ1v) is 8.39. The van der Waals surface area contributed by atoms with Crippen LogP contribution in [-0.4, -0.2) is 46.6 Å². The SMILES string of the molecule is O=C(NC1(CO)CCCCC1)C1CCCN1C(=O)C1CC1. The van der Waals surface area contributed by atoms with Gasteiger partial charge in [0.2, 0.25) is 11.8 Å². The molecule has 1 heterocycles. The third kappa shape index (κ3) is 3.07. The molecule has 3 fully saturated rings. The quantitative estimate of drug-likeness (QED) is 0.818. The Balaban J connectivity index is 1.64. The molecule has 5 heteroatoms. The fraction of sp³-hybridized carbons (Fsp3) is 0.875. The van der Waals surface area contributed by atoms with Crippen molar-refractivity contribution in [2.45, 2.75) is 69.4 Å². The molecular formula is C16H26N2O3. The highest BCUT2D eigenvalue weighted by Crippen LogP contribution is 2.34. The van der Waals surface area contributed by atoms with E-state index in [0.29, 0.717) is 6.54 Å². The van der Waals surface area contributed by atoms with E-state index < -0.39 is 5.54 Å². The summed E-state index contributed by atoms with van der Waals surface area (Å²) in [6, 6.07) is -0.316. The van der Waals surface area contributed by atoms with E-state index in [1.165, 1.54) is 6.42 Å². The van der Waals surface area contributed by atoms with E-state index >= 15 is 0 Å². The molecule has 1 saturated heterocycles. The van der Waals surface area contributed by atoms with Crippen molar-refractivity contribution in [1.82, 2.24) is 10.2 Å². The summed E-state index contributed by atoms with van der Waals surface area (Å²) in [5, 5.41) is 12.8. The van der Waals surface area contributed by atoms with Crippen LogP contribution in [0, 0.1) is 5.92 Å². The molecule has 0 aromatic rings. The van der Waals surface area contributed by atoms with Crippen LogP contribution in [0.1, 0.15) is 57.8 Å². The number of aliphatic hydroxyl groups is 1. The van der Waals surface area contributed by atoms with E-state index in [4.69, 9.17) is 0 Å². The van der Waals surface area contributed by atoms with Crippen LogP contribution in [0.3, 0.4) is 0 Å². The van der Waals surface area contributed by atoms with Gasteiger partial charge in [0.1, 0.15) is 6.04 Å². The minimum absolute atomic E-state index is 0.00202. The van der Waals surface area contributed by atoms with Gasteiger partial charge in [0.25, 0.3) is 0 Å². The van der Waals surface area contributed by atoms with E-state index in [1.807, 2.05) is 0 Å². The van der Waals surface area contributed by atoms with Gasteiger partial charge in [0.05, 0.1) is 12.1 Å². The van der Waals surface area contributed by atoms with Crippen LogP contribution < -0.4 is 5.32 Å². The Bertz CT molecular complexity index is 414. The maximum Gasteiger partial charge on any atom is 0.243 e. The van der Waals surface area contributed by atoms with Crippen molar-refractivity contribution in [3.05, 3.63) is 0 Å². The standard InChI is InChI=1S/C16H26N2O3/c19-11-16(8-2-1-3-9-16)17-14(20)13-5-4-10-18(13)15(21)12-6-7-12/h12-13,19H,1-11H2,(H,17,20). The van der Waals surface area contributed by atoms with Crippen LogP contribution in [0.25, 0.3) is 0 Å². The Morgan fingerprint density at radius 2 is 1.81 bits per heavy atom. The molecule has 0 spiro atoms. The molecule has 2 aliphatic carbocycles. The lowest BCUT2D eigenvalue weighted by Gasteiger charge is -2.38. The van der Waals surface area contributed by atoms with E-state index in [0.717, 1.165) is 51.4 Å². The smallest absolute Gasteiger partial charge is 0.243 e. The molecule has 21 heavy (non-hydrogen) atoms. The lowest BCUT2D eigenvalue weighted by Crippen LogP contribution is -2.57. The van der Waals surface area contributed by atoms with Gasteiger partial charge in [-0.15, -0.1) is 0 Å². The van der Waals surface area contributed by atoms with E-state index in [2.05, 4.69) is 5.32 Å². The second-order valence-corrected chi connectivity index (χ2v) is 6.95. The lowest BCUT2D eigenvalue weighted by atomic mass is 9.82. The van der Waals surface area contributed by atoms with Gasteiger partial charge >= 0.3 is 0 Å². The second-order valence-electron chi connectivity index (χ2n) is 6.95. The van der Waals surface area contributed by atoms with Crippen LogP contribution in [-0.2, 0) is 9.59 Å². The molecule has 2 amide bonds. The van der Waals surface area contributed by atoms with Crippen molar-refractivity contribution >= 4 is 11.8 Å². The molecule has 0 radical (unpaired) electrons. The highest BCUT2D eigenvalue weighted by molar-refractivity contribution is 5.90. The summed E-state index contributed by atoms with van der Waals surface area (Å²) in [5.41, 5.74) is -0.452. The van der Waals surface area contributed by atoms with Crippen LogP contribution >= 0.6 is 0 Å². The Labute approximate surface area is 126 Å². The van der Waals surface area contributed by atoms with E-state index in [-0.39, 0.29) is 30.4 Å². The monoisotopic (exact) mass is 294 g/mol. The third-order valence-electron chi connectivity index (χ3n) is 5.27. The predicted octanol–water partition coefficient (Wildman–Crippen LogP) is 1.20. The number of carbonyl (C=O) groups is 2. The minimum Gasteiger partial charge on any atom is -0.394 e. The highest BCUT2D eigenvalue weighted by Gasteiger charge is 2.43. The zero-order valence-corrected chi connectivity index (χ0v) is 12.6. The molecule has 1 atom stereocenters. The Kier molecular flexibility index (Phi) is 4.20. The maximum absolute atomic E-state index is 12.6. The Morgan fingerprint density at radius 3 is 2.43 bits per heavy atom. The topological polar surface area (TPSA) is 69.6 Å². The van der Waals surface area contributed by atoms with Gasteiger partial charge in [-0.05, 0) is 38.5 Å². The number of aliphatic hydroxyl groups excluding tert-OH is 1. The molecule has 0 aromatic carbocycles. The first-order chi connectivity index (χ1) is 10.2. The van der Waals surface area contributed by atoms with Crippen molar-refractivity contribution in [3.63, 3.8) is 0 Å². The van der Waals surface area contributed by atoms with Crippen LogP contribution in [0.15, 0.2) is 0 Å². The predicted molar refractivity (Wildman–Crippen MR) is 78.5 cm³/mol. The van der Waals surface area contributed by atoms with Gasteiger partial charge in [0.15, 0.2) is 0 Å². The summed E-state index contributed by atoms with van der Waals surface area (Å²) in [6.07, 6.45) is 8.58. The van der Waals surface area contributed by atoms with Crippen molar-refractivity contribution in [3.8, 4) is 0 Å². The van der Waals surface area contributed by atoms with Gasteiger partial charge in [-0.3, -0.25) is 9.59 Å². The normalized spacial score (nSPS) is 28.4. The molecule has 1 unspecified atom stereocenters. The first-order valence-electron chi connectivity index (χ1n) is 8.39. The average Bonchev–Trinajstić information content (AvgIpc) is 3.24. The van der Waals surface area contributed by atoms with Crippen molar-refractivity contribution in [2.75, 3.05) is 13.2 Å². The summed E-state index contributed by atoms with van der Waals surface area (Å²) < 4.78 is 0. The number of nitrogens with zero attached hydrogens (tertiary/aromatic N) is 1. The largest absolute Gasteiger partial charge is 0.394 e. The van der Waals surface area contributed by atoms with Gasteiger partial charge in [-0.25, -0.2) is 0 Å². The summed E-state index contributed by atoms with van der Waals surface area (Å²) in [6.45, 7) is 0.710. The molecule has 0 aromatic heterocycles. The van der Waals surface area contributed by atoms with E-state index in [9.17, 15) is 14.7 Å². The average molecular weight is 294 g/mol. The third-order valence-corrected chi connectivity index (χ3v) is 5.27. The molecule has 118 valence electrons. The summed E-state index contributed by atoms with van der Waals surface area (Å²) in [5.74, 6) is 0.270. The summed E-state index contributed by atoms with van der Waals surface area (Å²) in [4.78, 5) is 26.7. The zero-order valence-electron chi connectivity index (χ0n) is 12.6. The molecule has 5 nitrogen and oxygen atoms in total. The van der Waals surface area contributed by atoms with Gasteiger partial charge in [-0.2, -0.15) is 0 Å². The zero-order chi connectivity index (χ0) is 14.9. The number of amides is 2. The number of carbonyl (C=O) groups excluding carboxylic acids is 2. The number of hydrogen-bond acceptors (Lipinski definition) is 3. The van der Waals surface area contributed by atoms with Gasteiger partial charge in [0, 0.05) is 12.5 Å². The Morgan fingerprint density at radius 1 is 1.10 bits per heavy atom. The van der Waals surface area contributed by atoms with Crippen molar-refractivity contribution < 1.29 is 14.7 Å². The summed E-state index contributed by atoms with van der Waals surface area (Å²) >= 11 is 0. The number of nitrogens with one attached hydrogen (secondary N) is 1. The summed E-state index contributed by atoms with van der Waals surface area (Å²) in [7, 11) is 0. The minimum atomic E-state index is -0.452. The second kappa shape index (κ2) is 5.95. The molecule has 1 aliphatic heterocycles. The first kappa shape index (κ1) is 14.8. The molecule has 2 saturated carbocycles. The molecule has 2 N–H and O–H groups in total. The molecular weight excluding hydrogens is 268 g/mol. The van der Waals surface area contributed by atoms with Crippen LogP contribution in [0.4, 0.5) is 0 Å². The van der Waals surface area contributed by atoms with Crippen LogP contribution in [0.2, 0.25) is 0 Å². The molecule has 3 aliphatic rings. The van der Waals surface area contributed by atoms with Gasteiger partial charge < -0.3 is 15.3 Å². The number of rotatable bonds is 4. The Hall–Kier alpha value is -1.10. The van der Waals surface area contributed by atoms with Crippen LogP contribution in [0.5, 0.6) is 0 Å². The van der Waals surface area contributed by atoms with Crippen molar-refractivity contribution in [2.24, 2.45) is 5.92 Å². The number of hydrogen-bond donors (Lipinski definition) is 2. The number of likely N-dealkylation sites (tertiary alicyclic amines) is 1. The fourth-order valence-electron chi connectivity index (χ4n) is 3.76. The fourth-order valence-corrected chi connectivity index (χ4v) is 3.76. The maximum atomic E-state index is 12.6. The van der Waals surface area contributed by atoms with Gasteiger partial charge in [-0.1, -0.05) is 19.3 Å². The van der Waals surface area contributed by atoms with Crippen molar-refractivity contribution in [1.29, 1.82) is 0 Å². The molecule has 3 rings (SSSR count). The molecule has 0 bridgehead atoms. The lowest BCUT2D eigenvalue weighted by molar-refractivity contribution is -0.140.